The van der Waals surface area contributed by atoms with Crippen LogP contribution in [0.3, 0.4) is 0 Å². The first-order valence-electron chi connectivity index (χ1n) is 8.40. The molecular weight excluding hydrogens is 324 g/mol. The van der Waals surface area contributed by atoms with Crippen LogP contribution in [-0.2, 0) is 14.3 Å². The summed E-state index contributed by atoms with van der Waals surface area (Å²) in [6.45, 7) is 4.95. The van der Waals surface area contributed by atoms with E-state index in [2.05, 4.69) is 15.6 Å². The van der Waals surface area contributed by atoms with Crippen LogP contribution in [0.2, 0.25) is 0 Å². The highest BCUT2D eigenvalue weighted by Gasteiger charge is 2.29. The van der Waals surface area contributed by atoms with Gasteiger partial charge in [-0.05, 0) is 31.2 Å². The molecule has 1 aromatic carbocycles. The zero-order chi connectivity index (χ0) is 17.6. The van der Waals surface area contributed by atoms with Gasteiger partial charge in [-0.1, -0.05) is 0 Å². The van der Waals surface area contributed by atoms with Gasteiger partial charge in [-0.25, -0.2) is 4.99 Å². The fourth-order valence-electron chi connectivity index (χ4n) is 2.69. The fraction of sp³-hybridized carbons (Fsp3) is 0.471. The van der Waals surface area contributed by atoms with Crippen molar-refractivity contribution in [1.29, 1.82) is 0 Å². The maximum atomic E-state index is 12.5. The molecule has 0 radical (unpaired) electrons. The standard InChI is InChI=1S/C17H22N4O4/c1-2-25-13-5-3-12(4-6-13)18-16(23)14-11-15(22)20-17(19-14)21-7-9-24-10-8-21/h3-6,14H,2,7-11H2,1H3,(H,18,23)(H,19,20,22)/t14-/m1/s1. The predicted molar refractivity (Wildman–Crippen MR) is 92.6 cm³/mol. The van der Waals surface area contributed by atoms with E-state index in [0.717, 1.165) is 5.75 Å². The molecule has 25 heavy (non-hydrogen) atoms. The molecular formula is C17H22N4O4. The Morgan fingerprint density at radius 1 is 1.36 bits per heavy atom. The molecule has 2 aliphatic heterocycles. The first-order chi connectivity index (χ1) is 12.2. The minimum Gasteiger partial charge on any atom is -0.494 e. The van der Waals surface area contributed by atoms with Crippen molar-refractivity contribution < 1.29 is 19.1 Å². The molecule has 8 nitrogen and oxygen atoms in total. The van der Waals surface area contributed by atoms with Gasteiger partial charge < -0.3 is 19.7 Å². The molecule has 0 aromatic heterocycles. The van der Waals surface area contributed by atoms with Crippen molar-refractivity contribution in [2.45, 2.75) is 19.4 Å². The molecule has 2 aliphatic rings. The largest absolute Gasteiger partial charge is 0.494 e. The van der Waals surface area contributed by atoms with E-state index in [0.29, 0.717) is 44.6 Å². The van der Waals surface area contributed by atoms with Crippen LogP contribution < -0.4 is 15.4 Å². The number of nitrogens with one attached hydrogen (secondary N) is 2. The molecule has 2 heterocycles. The van der Waals surface area contributed by atoms with Crippen LogP contribution in [0.5, 0.6) is 5.75 Å². The van der Waals surface area contributed by atoms with E-state index >= 15 is 0 Å². The summed E-state index contributed by atoms with van der Waals surface area (Å²) in [5, 5.41) is 5.54. The lowest BCUT2D eigenvalue weighted by molar-refractivity contribution is -0.125. The summed E-state index contributed by atoms with van der Waals surface area (Å²) in [5.41, 5.74) is 0.641. The summed E-state index contributed by atoms with van der Waals surface area (Å²) in [7, 11) is 0. The Bertz CT molecular complexity index is 653. The number of ether oxygens (including phenoxy) is 2. The SMILES string of the molecule is CCOc1ccc(NC(=O)[C@H]2CC(=O)NC(N3CCOCC3)=N2)cc1. The molecule has 134 valence electrons. The normalized spacial score (nSPS) is 20.5. The van der Waals surface area contributed by atoms with Crippen molar-refractivity contribution in [3.05, 3.63) is 24.3 Å². The van der Waals surface area contributed by atoms with E-state index in [1.807, 2.05) is 11.8 Å². The number of carbonyl (C=O) groups is 2. The van der Waals surface area contributed by atoms with E-state index in [-0.39, 0.29) is 18.2 Å². The van der Waals surface area contributed by atoms with Crippen LogP contribution in [-0.4, -0.2) is 61.6 Å². The van der Waals surface area contributed by atoms with Crippen LogP contribution in [0.25, 0.3) is 0 Å². The molecule has 1 aromatic rings. The fourth-order valence-corrected chi connectivity index (χ4v) is 2.69. The summed E-state index contributed by atoms with van der Waals surface area (Å²) >= 11 is 0. The second-order valence-electron chi connectivity index (χ2n) is 5.77. The Labute approximate surface area is 146 Å². The van der Waals surface area contributed by atoms with Gasteiger partial charge in [0, 0.05) is 18.8 Å². The van der Waals surface area contributed by atoms with E-state index < -0.39 is 6.04 Å². The zero-order valence-corrected chi connectivity index (χ0v) is 14.2. The topological polar surface area (TPSA) is 92.3 Å². The summed E-state index contributed by atoms with van der Waals surface area (Å²) in [5.74, 6) is 0.685. The van der Waals surface area contributed by atoms with E-state index in [1.165, 1.54) is 0 Å². The highest BCUT2D eigenvalue weighted by atomic mass is 16.5. The lowest BCUT2D eigenvalue weighted by atomic mass is 10.1. The number of carbonyl (C=O) groups excluding carboxylic acids is 2. The van der Waals surface area contributed by atoms with Crippen LogP contribution in [0, 0.1) is 0 Å². The number of nitrogens with zero attached hydrogens (tertiary/aromatic N) is 2. The molecule has 0 spiro atoms. The number of anilines is 1. The second kappa shape index (κ2) is 7.98. The Balaban J connectivity index is 1.66. The van der Waals surface area contributed by atoms with Gasteiger partial charge in [-0.3, -0.25) is 14.9 Å². The van der Waals surface area contributed by atoms with Crippen LogP contribution >= 0.6 is 0 Å². The van der Waals surface area contributed by atoms with Crippen LogP contribution in [0.1, 0.15) is 13.3 Å². The van der Waals surface area contributed by atoms with Crippen molar-refractivity contribution in [2.24, 2.45) is 4.99 Å². The average Bonchev–Trinajstić information content (AvgIpc) is 2.64. The van der Waals surface area contributed by atoms with Gasteiger partial charge in [0.05, 0.1) is 26.2 Å². The molecule has 8 heteroatoms. The van der Waals surface area contributed by atoms with Crippen molar-refractivity contribution in [1.82, 2.24) is 10.2 Å². The van der Waals surface area contributed by atoms with E-state index in [4.69, 9.17) is 9.47 Å². The predicted octanol–water partition coefficient (Wildman–Crippen LogP) is 0.601. The second-order valence-corrected chi connectivity index (χ2v) is 5.77. The number of benzene rings is 1. The summed E-state index contributed by atoms with van der Waals surface area (Å²) in [6.07, 6.45) is 0.0384. The molecule has 2 amide bonds. The zero-order valence-electron chi connectivity index (χ0n) is 14.2. The van der Waals surface area contributed by atoms with Gasteiger partial charge in [-0.2, -0.15) is 0 Å². The van der Waals surface area contributed by atoms with Gasteiger partial charge in [0.15, 0.2) is 0 Å². The highest BCUT2D eigenvalue weighted by Crippen LogP contribution is 2.17. The van der Waals surface area contributed by atoms with Crippen molar-refractivity contribution >= 4 is 23.5 Å². The van der Waals surface area contributed by atoms with Gasteiger partial charge in [0.1, 0.15) is 11.8 Å². The average molecular weight is 346 g/mol. The maximum Gasteiger partial charge on any atom is 0.249 e. The monoisotopic (exact) mass is 346 g/mol. The number of hydrogen-bond acceptors (Lipinski definition) is 6. The van der Waals surface area contributed by atoms with Gasteiger partial charge in [0.25, 0.3) is 0 Å². The third kappa shape index (κ3) is 4.48. The van der Waals surface area contributed by atoms with Gasteiger partial charge in [-0.15, -0.1) is 0 Å². The van der Waals surface area contributed by atoms with E-state index in [9.17, 15) is 9.59 Å². The summed E-state index contributed by atoms with van der Waals surface area (Å²) in [4.78, 5) is 30.8. The number of aliphatic imine (C=N–C) groups is 1. The van der Waals surface area contributed by atoms with Gasteiger partial charge in [0.2, 0.25) is 17.8 Å². The number of morpholine rings is 1. The van der Waals surface area contributed by atoms with Crippen molar-refractivity contribution in [3.63, 3.8) is 0 Å². The number of rotatable bonds is 4. The highest BCUT2D eigenvalue weighted by molar-refractivity contribution is 6.05. The number of amides is 2. The smallest absolute Gasteiger partial charge is 0.249 e. The number of hydrogen-bond donors (Lipinski definition) is 2. The van der Waals surface area contributed by atoms with Crippen molar-refractivity contribution in [2.75, 3.05) is 38.2 Å². The first kappa shape index (κ1) is 17.2. The molecule has 1 atom stereocenters. The molecule has 2 N–H and O–H groups in total. The molecule has 0 saturated carbocycles. The minimum atomic E-state index is -0.738. The van der Waals surface area contributed by atoms with Crippen LogP contribution in [0.4, 0.5) is 5.69 Å². The lowest BCUT2D eigenvalue weighted by Gasteiger charge is -2.32. The van der Waals surface area contributed by atoms with E-state index in [1.54, 1.807) is 24.3 Å². The molecule has 0 bridgehead atoms. The van der Waals surface area contributed by atoms with Crippen LogP contribution in [0.15, 0.2) is 29.3 Å². The first-order valence-corrected chi connectivity index (χ1v) is 8.40. The number of guanidine groups is 1. The van der Waals surface area contributed by atoms with Gasteiger partial charge >= 0.3 is 0 Å². The molecule has 1 saturated heterocycles. The quantitative estimate of drug-likeness (QED) is 0.833. The third-order valence-electron chi connectivity index (χ3n) is 3.95. The Kier molecular flexibility index (Phi) is 5.49. The minimum absolute atomic E-state index is 0.0384. The third-order valence-corrected chi connectivity index (χ3v) is 3.95. The summed E-state index contributed by atoms with van der Waals surface area (Å²) < 4.78 is 10.7. The van der Waals surface area contributed by atoms with Crippen molar-refractivity contribution in [3.8, 4) is 5.75 Å². The summed E-state index contributed by atoms with van der Waals surface area (Å²) in [6, 6.07) is 6.36. The molecule has 0 aliphatic carbocycles. The molecule has 0 unspecified atom stereocenters. The Morgan fingerprint density at radius 3 is 2.76 bits per heavy atom. The molecule has 3 rings (SSSR count). The Morgan fingerprint density at radius 2 is 2.08 bits per heavy atom. The molecule has 1 fully saturated rings. The Hall–Kier alpha value is -2.61. The maximum absolute atomic E-state index is 12.5. The lowest BCUT2D eigenvalue weighted by Crippen LogP contribution is -2.53.